The van der Waals surface area contributed by atoms with Crippen molar-refractivity contribution >= 4 is 29.0 Å². The lowest BCUT2D eigenvalue weighted by Gasteiger charge is -2.16. The van der Waals surface area contributed by atoms with Crippen LogP contribution in [0.4, 0.5) is 5.69 Å². The van der Waals surface area contributed by atoms with Crippen LogP contribution in [0.15, 0.2) is 94.5 Å². The molecule has 0 spiro atoms. The minimum Gasteiger partial charge on any atom is -0.297 e. The Kier molecular flexibility index (Phi) is 7.09. The van der Waals surface area contributed by atoms with Gasteiger partial charge >= 0.3 is 0 Å². The minimum atomic E-state index is 0.0539. The molecule has 0 radical (unpaired) electrons. The van der Waals surface area contributed by atoms with Crippen LogP contribution in [-0.2, 0) is 4.79 Å². The van der Waals surface area contributed by atoms with Crippen LogP contribution in [0.3, 0.4) is 0 Å². The molecule has 1 aliphatic carbocycles. The van der Waals surface area contributed by atoms with Crippen LogP contribution in [0, 0.1) is 13.8 Å². The third-order valence-electron chi connectivity index (χ3n) is 5.35. The Balaban J connectivity index is 1.89. The van der Waals surface area contributed by atoms with Gasteiger partial charge in [0.05, 0.1) is 11.4 Å². The number of hydrogen-bond donors (Lipinski definition) is 0. The summed E-state index contributed by atoms with van der Waals surface area (Å²) in [5.74, 6) is 0.0539. The summed E-state index contributed by atoms with van der Waals surface area (Å²) in [6.45, 7) is 10.1. The second-order valence-corrected chi connectivity index (χ2v) is 7.72. The summed E-state index contributed by atoms with van der Waals surface area (Å²) in [6.07, 6.45) is 9.84. The van der Waals surface area contributed by atoms with Crippen LogP contribution >= 0.6 is 0 Å². The summed E-state index contributed by atoms with van der Waals surface area (Å²) in [4.78, 5) is 21.3. The number of para-hydroxylation sites is 1. The van der Waals surface area contributed by atoms with E-state index in [-0.39, 0.29) is 12.2 Å². The van der Waals surface area contributed by atoms with Gasteiger partial charge in [0.25, 0.3) is 0 Å². The van der Waals surface area contributed by atoms with Crippen molar-refractivity contribution in [2.45, 2.75) is 27.2 Å². The molecule has 3 heteroatoms. The maximum absolute atomic E-state index is 12.4. The number of Topliss-reactive ketones (excluding diaryl/α,β-unsaturated/α-hetero) is 1. The highest BCUT2D eigenvalue weighted by atomic mass is 16.1. The molecular formula is C28H28N2O. The van der Waals surface area contributed by atoms with E-state index in [1.807, 2.05) is 30.3 Å². The number of aryl methyl sites for hydroxylation is 2. The highest BCUT2D eigenvalue weighted by Gasteiger charge is 2.16. The SMILES string of the molecule is C=C(CC(=O)/C(C)=C/C=NC)c1ccc(C(=Nc2ccccc2C)C2=CC=C2)c(C)c1. The van der Waals surface area contributed by atoms with Gasteiger partial charge in [-0.15, -0.1) is 0 Å². The Morgan fingerprint density at radius 3 is 2.45 bits per heavy atom. The Morgan fingerprint density at radius 1 is 1.10 bits per heavy atom. The average Bonchev–Trinajstić information content (AvgIpc) is 2.71. The zero-order chi connectivity index (χ0) is 22.4. The predicted octanol–water partition coefficient (Wildman–Crippen LogP) is 6.54. The van der Waals surface area contributed by atoms with Gasteiger partial charge in [-0.3, -0.25) is 9.79 Å². The molecule has 0 aliphatic heterocycles. The van der Waals surface area contributed by atoms with Crippen molar-refractivity contribution in [3.8, 4) is 0 Å². The molecule has 0 unspecified atom stereocenters. The molecule has 0 amide bonds. The van der Waals surface area contributed by atoms with Gasteiger partial charge in [-0.25, -0.2) is 4.99 Å². The maximum atomic E-state index is 12.4. The second kappa shape index (κ2) is 9.94. The number of carbonyl (C=O) groups excluding carboxylic acids is 1. The topological polar surface area (TPSA) is 41.8 Å². The molecule has 0 fully saturated rings. The molecule has 0 bridgehead atoms. The molecule has 2 aromatic carbocycles. The molecule has 3 nitrogen and oxygen atoms in total. The first-order chi connectivity index (χ1) is 14.9. The summed E-state index contributed by atoms with van der Waals surface area (Å²) in [5, 5.41) is 0. The molecule has 156 valence electrons. The highest BCUT2D eigenvalue weighted by Crippen LogP contribution is 2.28. The van der Waals surface area contributed by atoms with Crippen molar-refractivity contribution in [3.63, 3.8) is 0 Å². The Morgan fingerprint density at radius 2 is 1.84 bits per heavy atom. The molecule has 0 atom stereocenters. The number of allylic oxidation sites excluding steroid dienone is 7. The van der Waals surface area contributed by atoms with E-state index in [0.717, 1.165) is 44.8 Å². The summed E-state index contributed by atoms with van der Waals surface area (Å²) in [7, 11) is 1.68. The molecule has 2 aromatic rings. The van der Waals surface area contributed by atoms with Crippen molar-refractivity contribution in [1.82, 2.24) is 0 Å². The summed E-state index contributed by atoms with van der Waals surface area (Å²) >= 11 is 0. The number of nitrogens with zero attached hydrogens (tertiary/aromatic N) is 2. The normalized spacial score (nSPS) is 13.9. The minimum absolute atomic E-state index is 0.0539. The first-order valence-corrected chi connectivity index (χ1v) is 10.3. The van der Waals surface area contributed by atoms with Gasteiger partial charge in [0.15, 0.2) is 5.78 Å². The fraction of sp³-hybridized carbons (Fsp3) is 0.179. The lowest BCUT2D eigenvalue weighted by atomic mass is 9.90. The van der Waals surface area contributed by atoms with Crippen LogP contribution < -0.4 is 0 Å². The smallest absolute Gasteiger partial charge is 0.162 e. The van der Waals surface area contributed by atoms with Gasteiger partial charge in [0.2, 0.25) is 0 Å². The molecule has 0 heterocycles. The van der Waals surface area contributed by atoms with Crippen molar-refractivity contribution in [3.05, 3.63) is 107 Å². The van der Waals surface area contributed by atoms with E-state index >= 15 is 0 Å². The van der Waals surface area contributed by atoms with E-state index in [2.05, 4.69) is 55.8 Å². The number of ketones is 1. The average molecular weight is 409 g/mol. The van der Waals surface area contributed by atoms with Crippen LogP contribution in [0.25, 0.3) is 5.57 Å². The molecule has 0 saturated carbocycles. The van der Waals surface area contributed by atoms with Crippen molar-refractivity contribution < 1.29 is 4.79 Å². The maximum Gasteiger partial charge on any atom is 0.162 e. The molecular weight excluding hydrogens is 380 g/mol. The Labute approximate surface area is 185 Å². The van der Waals surface area contributed by atoms with Crippen LogP contribution in [-0.4, -0.2) is 24.8 Å². The van der Waals surface area contributed by atoms with E-state index < -0.39 is 0 Å². The van der Waals surface area contributed by atoms with Gasteiger partial charge in [-0.1, -0.05) is 61.2 Å². The molecule has 0 saturated heterocycles. The molecule has 1 aliphatic rings. The quantitative estimate of drug-likeness (QED) is 0.361. The number of carbonyl (C=O) groups is 1. The Hall–Kier alpha value is -3.59. The third-order valence-corrected chi connectivity index (χ3v) is 5.35. The summed E-state index contributed by atoms with van der Waals surface area (Å²) in [5.41, 5.74) is 8.82. The van der Waals surface area contributed by atoms with Crippen LogP contribution in [0.1, 0.15) is 35.6 Å². The molecule has 3 rings (SSSR count). The number of aliphatic imine (C=N–C) groups is 2. The molecule has 0 aromatic heterocycles. The van der Waals surface area contributed by atoms with Crippen molar-refractivity contribution in [1.29, 1.82) is 0 Å². The van der Waals surface area contributed by atoms with Crippen LogP contribution in [0.2, 0.25) is 0 Å². The molecule has 0 N–H and O–H groups in total. The van der Waals surface area contributed by atoms with Gasteiger partial charge in [-0.2, -0.15) is 0 Å². The van der Waals surface area contributed by atoms with Crippen molar-refractivity contribution in [2.24, 2.45) is 9.98 Å². The monoisotopic (exact) mass is 408 g/mol. The van der Waals surface area contributed by atoms with Crippen LogP contribution in [0.5, 0.6) is 0 Å². The first kappa shape index (κ1) is 22.1. The number of hydrogen-bond acceptors (Lipinski definition) is 3. The first-order valence-electron chi connectivity index (χ1n) is 10.3. The Bertz CT molecular complexity index is 1170. The fourth-order valence-corrected chi connectivity index (χ4v) is 3.30. The molecule has 31 heavy (non-hydrogen) atoms. The summed E-state index contributed by atoms with van der Waals surface area (Å²) in [6, 6.07) is 14.3. The van der Waals surface area contributed by atoms with E-state index in [1.165, 1.54) is 0 Å². The summed E-state index contributed by atoms with van der Waals surface area (Å²) < 4.78 is 0. The highest BCUT2D eigenvalue weighted by molar-refractivity contribution is 6.17. The zero-order valence-corrected chi connectivity index (χ0v) is 18.6. The standard InChI is InChI=1S/C28H28N2O/c1-19-9-6-7-12-26(19)30-28(23-10-8-11-23)25-14-13-24(17-22(25)4)21(3)18-27(31)20(2)15-16-29-5/h6-17H,3,18H2,1-2,4-5H3/b20-15+,29-16?,30-28?. The van der Waals surface area contributed by atoms with Crippen molar-refractivity contribution in [2.75, 3.05) is 7.05 Å². The zero-order valence-electron chi connectivity index (χ0n) is 18.6. The van der Waals surface area contributed by atoms with E-state index in [1.54, 1.807) is 26.3 Å². The lowest BCUT2D eigenvalue weighted by Crippen LogP contribution is -2.09. The number of rotatable bonds is 8. The van der Waals surface area contributed by atoms with Gasteiger partial charge < -0.3 is 0 Å². The van der Waals surface area contributed by atoms with Gasteiger partial charge in [0, 0.05) is 30.8 Å². The lowest BCUT2D eigenvalue weighted by molar-refractivity contribution is -0.114. The van der Waals surface area contributed by atoms with E-state index in [9.17, 15) is 4.79 Å². The third kappa shape index (κ3) is 5.32. The predicted molar refractivity (Wildman–Crippen MR) is 133 cm³/mol. The van der Waals surface area contributed by atoms with E-state index in [0.29, 0.717) is 5.57 Å². The van der Waals surface area contributed by atoms with Gasteiger partial charge in [-0.05, 0) is 60.8 Å². The number of benzene rings is 2. The second-order valence-electron chi connectivity index (χ2n) is 7.72. The largest absolute Gasteiger partial charge is 0.297 e. The van der Waals surface area contributed by atoms with Gasteiger partial charge in [0.1, 0.15) is 0 Å². The fourth-order valence-electron chi connectivity index (χ4n) is 3.30. The van der Waals surface area contributed by atoms with E-state index in [4.69, 9.17) is 4.99 Å².